The van der Waals surface area contributed by atoms with Crippen LogP contribution in [0.15, 0.2) is 24.3 Å². The van der Waals surface area contributed by atoms with Crippen molar-refractivity contribution in [2.75, 3.05) is 7.11 Å². The second-order valence-corrected chi connectivity index (χ2v) is 4.22. The molecule has 3 rings (SSSR count). The zero-order valence-electron chi connectivity index (χ0n) is 9.54. The minimum Gasteiger partial charge on any atom is -0.497 e. The summed E-state index contributed by atoms with van der Waals surface area (Å²) in [5, 5.41) is 2.53. The minimum absolute atomic E-state index is 0.744. The van der Waals surface area contributed by atoms with Crippen molar-refractivity contribution in [1.29, 1.82) is 0 Å². The van der Waals surface area contributed by atoms with Gasteiger partial charge in [-0.15, -0.1) is 0 Å². The number of ether oxygens (including phenoxy) is 2. The van der Waals surface area contributed by atoms with Crippen molar-refractivity contribution in [3.63, 3.8) is 0 Å². The first-order valence-corrected chi connectivity index (χ1v) is 5.46. The topological polar surface area (TPSA) is 18.5 Å². The molecule has 2 heteroatoms. The summed E-state index contributed by atoms with van der Waals surface area (Å²) in [7, 11) is 1.70. The van der Waals surface area contributed by atoms with Crippen molar-refractivity contribution in [1.82, 2.24) is 0 Å². The molecular weight excluding hydrogens is 200 g/mol. The van der Waals surface area contributed by atoms with E-state index < -0.39 is 0 Å². The molecule has 1 heterocycles. The molecule has 0 saturated carbocycles. The quantitative estimate of drug-likeness (QED) is 0.725. The molecule has 0 atom stereocenters. The van der Waals surface area contributed by atoms with Crippen molar-refractivity contribution < 1.29 is 9.47 Å². The maximum Gasteiger partial charge on any atom is 0.119 e. The smallest absolute Gasteiger partial charge is 0.119 e. The predicted octanol–water partition coefficient (Wildman–Crippen LogP) is 3.19. The number of aryl methyl sites for hydroxylation is 1. The third-order valence-electron chi connectivity index (χ3n) is 3.34. The summed E-state index contributed by atoms with van der Waals surface area (Å²) in [5.74, 6) is 0.912. The van der Waals surface area contributed by atoms with Crippen molar-refractivity contribution >= 4 is 10.8 Å². The zero-order chi connectivity index (χ0) is 11.1. The predicted molar refractivity (Wildman–Crippen MR) is 63.7 cm³/mol. The zero-order valence-corrected chi connectivity index (χ0v) is 9.54. The Balaban J connectivity index is 2.33. The lowest BCUT2D eigenvalue weighted by atomic mass is 9.96. The summed E-state index contributed by atoms with van der Waals surface area (Å²) in [6.45, 7) is 3.65. The Kier molecular flexibility index (Phi) is 2.11. The highest BCUT2D eigenvalue weighted by Crippen LogP contribution is 2.32. The molecule has 0 N–H and O–H groups in total. The van der Waals surface area contributed by atoms with Gasteiger partial charge >= 0.3 is 0 Å². The van der Waals surface area contributed by atoms with Gasteiger partial charge in [-0.2, -0.15) is 0 Å². The first-order valence-electron chi connectivity index (χ1n) is 5.46. The highest BCUT2D eigenvalue weighted by atomic mass is 16.5. The largest absolute Gasteiger partial charge is 0.497 e. The maximum absolute atomic E-state index is 5.49. The van der Waals surface area contributed by atoms with Crippen LogP contribution in [0.2, 0.25) is 0 Å². The van der Waals surface area contributed by atoms with Gasteiger partial charge in [-0.25, -0.2) is 0 Å². The number of hydrogen-bond donors (Lipinski definition) is 0. The number of rotatable bonds is 1. The van der Waals surface area contributed by atoms with Crippen LogP contribution < -0.4 is 4.74 Å². The highest BCUT2D eigenvalue weighted by Gasteiger charge is 2.16. The molecule has 2 aromatic carbocycles. The molecule has 82 valence electrons. The Hall–Kier alpha value is -1.54. The third-order valence-corrected chi connectivity index (χ3v) is 3.34. The summed E-state index contributed by atoms with van der Waals surface area (Å²) >= 11 is 0. The van der Waals surface area contributed by atoms with E-state index in [9.17, 15) is 0 Å². The van der Waals surface area contributed by atoms with E-state index in [4.69, 9.17) is 9.47 Å². The van der Waals surface area contributed by atoms with Gasteiger partial charge in [0.05, 0.1) is 20.3 Å². The summed E-state index contributed by atoms with van der Waals surface area (Å²) < 4.78 is 10.8. The average molecular weight is 214 g/mol. The number of benzene rings is 2. The summed E-state index contributed by atoms with van der Waals surface area (Å²) in [6, 6.07) is 8.44. The summed E-state index contributed by atoms with van der Waals surface area (Å²) in [6.07, 6.45) is 0. The number of fused-ring (bicyclic) bond motifs is 2. The monoisotopic (exact) mass is 214 g/mol. The van der Waals surface area contributed by atoms with Crippen LogP contribution in [-0.2, 0) is 18.0 Å². The van der Waals surface area contributed by atoms with E-state index in [1.54, 1.807) is 7.11 Å². The van der Waals surface area contributed by atoms with Crippen molar-refractivity contribution in [3.8, 4) is 5.75 Å². The van der Waals surface area contributed by atoms with E-state index in [0.717, 1.165) is 19.0 Å². The molecular formula is C14H14O2. The standard InChI is InChI=1S/C14H14O2/c1-9-13-6-12(15-2)4-3-10(13)5-11-7-16-8-14(9)11/h3-6H,7-8H2,1-2H3. The molecule has 1 aliphatic heterocycles. The fourth-order valence-electron chi connectivity index (χ4n) is 2.38. The third kappa shape index (κ3) is 1.30. The number of hydrogen-bond acceptors (Lipinski definition) is 2. The molecule has 0 fully saturated rings. The summed E-state index contributed by atoms with van der Waals surface area (Å²) in [4.78, 5) is 0. The van der Waals surface area contributed by atoms with Gasteiger partial charge in [-0.05, 0) is 52.6 Å². The normalized spacial score (nSPS) is 14.1. The van der Waals surface area contributed by atoms with Crippen LogP contribution >= 0.6 is 0 Å². The van der Waals surface area contributed by atoms with Gasteiger partial charge in [0.15, 0.2) is 0 Å². The van der Waals surface area contributed by atoms with E-state index in [0.29, 0.717) is 0 Å². The molecule has 0 spiro atoms. The van der Waals surface area contributed by atoms with Gasteiger partial charge in [0.1, 0.15) is 5.75 Å². The molecule has 0 saturated heterocycles. The fraction of sp³-hybridized carbons (Fsp3) is 0.286. The van der Waals surface area contributed by atoms with E-state index in [-0.39, 0.29) is 0 Å². The van der Waals surface area contributed by atoms with E-state index in [1.807, 2.05) is 6.07 Å². The van der Waals surface area contributed by atoms with Gasteiger partial charge in [-0.1, -0.05) is 6.07 Å². The van der Waals surface area contributed by atoms with Crippen LogP contribution in [0.1, 0.15) is 16.7 Å². The Bertz CT molecular complexity index is 558. The number of methoxy groups -OCH3 is 1. The molecule has 0 amide bonds. The lowest BCUT2D eigenvalue weighted by molar-refractivity contribution is 0.134. The minimum atomic E-state index is 0.744. The van der Waals surface area contributed by atoms with E-state index in [1.165, 1.54) is 27.5 Å². The second kappa shape index (κ2) is 3.49. The van der Waals surface area contributed by atoms with Gasteiger partial charge in [0, 0.05) is 0 Å². The Morgan fingerprint density at radius 2 is 2.06 bits per heavy atom. The van der Waals surface area contributed by atoms with Crippen LogP contribution in [0.3, 0.4) is 0 Å². The molecule has 0 radical (unpaired) electrons. The van der Waals surface area contributed by atoms with Crippen LogP contribution in [0, 0.1) is 6.92 Å². The van der Waals surface area contributed by atoms with E-state index in [2.05, 4.69) is 25.1 Å². The molecule has 0 unspecified atom stereocenters. The Morgan fingerprint density at radius 1 is 1.19 bits per heavy atom. The van der Waals surface area contributed by atoms with Gasteiger partial charge in [0.2, 0.25) is 0 Å². The van der Waals surface area contributed by atoms with Gasteiger partial charge in [0.25, 0.3) is 0 Å². The van der Waals surface area contributed by atoms with Crippen LogP contribution in [0.25, 0.3) is 10.8 Å². The van der Waals surface area contributed by atoms with Crippen molar-refractivity contribution in [3.05, 3.63) is 41.0 Å². The van der Waals surface area contributed by atoms with Crippen molar-refractivity contribution in [2.45, 2.75) is 20.1 Å². The SMILES string of the molecule is COc1ccc2cc3c(c(C)c2c1)COC3. The van der Waals surface area contributed by atoms with Crippen LogP contribution in [0.5, 0.6) is 5.75 Å². The summed E-state index contributed by atoms with van der Waals surface area (Å²) in [5.41, 5.74) is 4.00. The Labute approximate surface area is 94.8 Å². The molecule has 16 heavy (non-hydrogen) atoms. The first kappa shape index (κ1) is 9.67. The van der Waals surface area contributed by atoms with E-state index >= 15 is 0 Å². The van der Waals surface area contributed by atoms with Crippen molar-refractivity contribution in [2.24, 2.45) is 0 Å². The maximum atomic E-state index is 5.49. The highest BCUT2D eigenvalue weighted by molar-refractivity contribution is 5.89. The second-order valence-electron chi connectivity index (χ2n) is 4.22. The molecule has 0 bridgehead atoms. The first-order chi connectivity index (χ1) is 7.79. The van der Waals surface area contributed by atoms with Crippen LogP contribution in [0.4, 0.5) is 0 Å². The van der Waals surface area contributed by atoms with Gasteiger partial charge in [-0.3, -0.25) is 0 Å². The lowest BCUT2D eigenvalue weighted by Gasteiger charge is -2.09. The molecule has 2 nitrogen and oxygen atoms in total. The lowest BCUT2D eigenvalue weighted by Crippen LogP contribution is -1.91. The molecule has 0 aromatic heterocycles. The Morgan fingerprint density at radius 3 is 2.88 bits per heavy atom. The average Bonchev–Trinajstić information content (AvgIpc) is 2.77. The van der Waals surface area contributed by atoms with Gasteiger partial charge < -0.3 is 9.47 Å². The van der Waals surface area contributed by atoms with Crippen LogP contribution in [-0.4, -0.2) is 7.11 Å². The molecule has 0 aliphatic carbocycles. The molecule has 2 aromatic rings. The fourth-order valence-corrected chi connectivity index (χ4v) is 2.38. The molecule has 1 aliphatic rings.